The molecule has 14 heavy (non-hydrogen) atoms. The first-order chi connectivity index (χ1) is 6.86. The molecule has 0 spiro atoms. The molecule has 1 nitrogen and oxygen atoms in total. The number of benzene rings is 1. The minimum Gasteiger partial charge on any atom is -0.378 e. The zero-order valence-corrected chi connectivity index (χ0v) is 9.04. The Morgan fingerprint density at radius 1 is 1.21 bits per heavy atom. The molecule has 0 saturated heterocycles. The molecule has 1 aromatic carbocycles. The molecule has 0 bridgehead atoms. The van der Waals surface area contributed by atoms with Gasteiger partial charge in [-0.1, -0.05) is 32.0 Å². The molecule has 0 fully saturated rings. The third-order valence-electron chi connectivity index (χ3n) is 1.93. The van der Waals surface area contributed by atoms with Gasteiger partial charge in [0.1, 0.15) is 0 Å². The van der Waals surface area contributed by atoms with E-state index < -0.39 is 0 Å². The fourth-order valence-electron chi connectivity index (χ4n) is 1.32. The Kier molecular flexibility index (Phi) is 4.03. The summed E-state index contributed by atoms with van der Waals surface area (Å²) in [5, 5.41) is 3.37. The predicted molar refractivity (Wildman–Crippen MR) is 63.4 cm³/mol. The van der Waals surface area contributed by atoms with Crippen molar-refractivity contribution in [3.05, 3.63) is 41.6 Å². The van der Waals surface area contributed by atoms with Crippen LogP contribution in [0, 0.1) is 0 Å². The van der Waals surface area contributed by atoms with Crippen LogP contribution in [0.15, 0.2) is 36.1 Å². The molecule has 1 atom stereocenters. The Balaban J connectivity index is 0.000000461. The topological polar surface area (TPSA) is 12.0 Å². The normalized spacial score (nSPS) is 17.2. The molecular weight excluding hydrogens is 170 g/mol. The van der Waals surface area contributed by atoms with Gasteiger partial charge in [-0.25, -0.2) is 0 Å². The van der Waals surface area contributed by atoms with E-state index in [4.69, 9.17) is 0 Å². The maximum absolute atomic E-state index is 3.37. The predicted octanol–water partition coefficient (Wildman–Crippen LogP) is 3.70. The van der Waals surface area contributed by atoms with Crippen molar-refractivity contribution in [1.82, 2.24) is 0 Å². The van der Waals surface area contributed by atoms with Crippen molar-refractivity contribution in [3.63, 3.8) is 0 Å². The lowest BCUT2D eigenvalue weighted by atomic mass is 10.2. The Morgan fingerprint density at radius 2 is 1.93 bits per heavy atom. The summed E-state index contributed by atoms with van der Waals surface area (Å²) in [7, 11) is 0. The van der Waals surface area contributed by atoms with Crippen LogP contribution < -0.4 is 5.32 Å². The average molecular weight is 187 g/mol. The smallest absolute Gasteiger partial charge is 0.0490 e. The van der Waals surface area contributed by atoms with E-state index in [-0.39, 0.29) is 0 Å². The lowest BCUT2D eigenvalue weighted by Crippen LogP contribution is -2.10. The van der Waals surface area contributed by atoms with Gasteiger partial charge in [0, 0.05) is 17.3 Å². The van der Waals surface area contributed by atoms with Crippen LogP contribution in [0.5, 0.6) is 0 Å². The van der Waals surface area contributed by atoms with Crippen LogP contribution in [0.3, 0.4) is 0 Å². The second kappa shape index (κ2) is 5.31. The highest BCUT2D eigenvalue weighted by Gasteiger charge is 2.02. The molecule has 1 heteroatoms. The van der Waals surface area contributed by atoms with Crippen LogP contribution in [0.1, 0.15) is 26.3 Å². The molecule has 0 aromatic heterocycles. The Labute approximate surface area is 86.2 Å². The van der Waals surface area contributed by atoms with E-state index in [2.05, 4.69) is 30.1 Å². The van der Waals surface area contributed by atoms with Crippen molar-refractivity contribution in [2.24, 2.45) is 0 Å². The van der Waals surface area contributed by atoms with Crippen molar-refractivity contribution in [1.29, 1.82) is 0 Å². The summed E-state index contributed by atoms with van der Waals surface area (Å²) in [6, 6.07) is 8.61. The first kappa shape index (κ1) is 10.6. The zero-order valence-electron chi connectivity index (χ0n) is 9.04. The summed E-state index contributed by atoms with van der Waals surface area (Å²) >= 11 is 0. The van der Waals surface area contributed by atoms with E-state index in [1.54, 1.807) is 0 Å². The minimum absolute atomic E-state index is 0.366. The van der Waals surface area contributed by atoms with Gasteiger partial charge in [0.25, 0.3) is 0 Å². The van der Waals surface area contributed by atoms with Gasteiger partial charge in [-0.2, -0.15) is 0 Å². The van der Waals surface area contributed by atoms with E-state index >= 15 is 0 Å². The fourth-order valence-corrected chi connectivity index (χ4v) is 1.32. The average Bonchev–Trinajstić information content (AvgIpc) is 2.41. The van der Waals surface area contributed by atoms with Gasteiger partial charge in [0.15, 0.2) is 0 Å². The second-order valence-electron chi connectivity index (χ2n) is 3.00. The molecule has 0 amide bonds. The Hall–Kier alpha value is -1.46. The summed E-state index contributed by atoms with van der Waals surface area (Å²) < 4.78 is 0. The highest BCUT2D eigenvalue weighted by Crippen LogP contribution is 2.19. The highest BCUT2D eigenvalue weighted by molar-refractivity contribution is 5.67. The van der Waals surface area contributed by atoms with Gasteiger partial charge < -0.3 is 5.32 Å². The quantitative estimate of drug-likeness (QED) is 0.611. The first-order valence-electron chi connectivity index (χ1n) is 5.14. The molecular formula is C13H17N. The summed E-state index contributed by atoms with van der Waals surface area (Å²) in [5.74, 6) is 0. The number of para-hydroxylation sites is 1. The number of fused-ring (bicyclic) bond motifs is 1. The molecule has 0 saturated carbocycles. The van der Waals surface area contributed by atoms with Crippen LogP contribution in [-0.2, 0) is 0 Å². The molecule has 2 rings (SSSR count). The molecule has 1 aliphatic rings. The summed E-state index contributed by atoms with van der Waals surface area (Å²) in [4.78, 5) is 0. The van der Waals surface area contributed by atoms with Crippen molar-refractivity contribution in [2.75, 3.05) is 5.32 Å². The molecule has 0 radical (unpaired) electrons. The van der Waals surface area contributed by atoms with Gasteiger partial charge in [-0.3, -0.25) is 0 Å². The maximum atomic E-state index is 3.37. The third-order valence-corrected chi connectivity index (χ3v) is 1.93. The van der Waals surface area contributed by atoms with E-state index in [0.717, 1.165) is 0 Å². The van der Waals surface area contributed by atoms with Gasteiger partial charge in [-0.05, 0) is 25.1 Å². The van der Waals surface area contributed by atoms with E-state index in [0.29, 0.717) is 6.04 Å². The standard InChI is InChI=1S/C11H11N.C2H6/c1-9-5-4-7-10-6-2-3-8-11(10)12-9;1-2/h2-3,5-9,12H,1H3;1-2H3. The number of nitrogens with one attached hydrogen (secondary N) is 1. The molecule has 0 aliphatic carbocycles. The zero-order chi connectivity index (χ0) is 10.4. The SMILES string of the molecule is CC.CC1C=C=Cc2ccccc2N1. The number of hydrogen-bond donors (Lipinski definition) is 1. The second-order valence-corrected chi connectivity index (χ2v) is 3.00. The van der Waals surface area contributed by atoms with Crippen LogP contribution in [0.2, 0.25) is 0 Å². The van der Waals surface area contributed by atoms with Crippen molar-refractivity contribution >= 4 is 11.8 Å². The maximum Gasteiger partial charge on any atom is 0.0490 e. The van der Waals surface area contributed by atoms with E-state index in [1.165, 1.54) is 11.3 Å². The van der Waals surface area contributed by atoms with Crippen LogP contribution in [-0.4, -0.2) is 6.04 Å². The highest BCUT2D eigenvalue weighted by atomic mass is 14.9. The molecule has 1 N–H and O–H groups in total. The summed E-state index contributed by atoms with van der Waals surface area (Å²) in [6.45, 7) is 6.11. The summed E-state index contributed by atoms with van der Waals surface area (Å²) in [5.41, 5.74) is 5.53. The summed E-state index contributed by atoms with van der Waals surface area (Å²) in [6.07, 6.45) is 4.03. The Morgan fingerprint density at radius 3 is 2.71 bits per heavy atom. The Bertz CT molecular complexity index is 346. The number of anilines is 1. The van der Waals surface area contributed by atoms with E-state index in [9.17, 15) is 0 Å². The third kappa shape index (κ3) is 2.51. The lowest BCUT2D eigenvalue weighted by Gasteiger charge is -2.10. The first-order valence-corrected chi connectivity index (χ1v) is 5.14. The number of hydrogen-bond acceptors (Lipinski definition) is 1. The van der Waals surface area contributed by atoms with Crippen molar-refractivity contribution in [2.45, 2.75) is 26.8 Å². The van der Waals surface area contributed by atoms with Gasteiger partial charge >= 0.3 is 0 Å². The van der Waals surface area contributed by atoms with Crippen molar-refractivity contribution < 1.29 is 0 Å². The van der Waals surface area contributed by atoms with Crippen LogP contribution >= 0.6 is 0 Å². The molecule has 1 aliphatic heterocycles. The van der Waals surface area contributed by atoms with Gasteiger partial charge in [-0.15, -0.1) is 5.73 Å². The molecule has 1 unspecified atom stereocenters. The monoisotopic (exact) mass is 187 g/mol. The molecule has 1 aromatic rings. The number of rotatable bonds is 0. The largest absolute Gasteiger partial charge is 0.378 e. The minimum atomic E-state index is 0.366. The molecule has 1 heterocycles. The molecule has 74 valence electrons. The van der Waals surface area contributed by atoms with Crippen LogP contribution in [0.25, 0.3) is 6.08 Å². The van der Waals surface area contributed by atoms with Crippen molar-refractivity contribution in [3.8, 4) is 0 Å². The van der Waals surface area contributed by atoms with Crippen LogP contribution in [0.4, 0.5) is 5.69 Å². The van der Waals surface area contributed by atoms with Gasteiger partial charge in [0.05, 0.1) is 0 Å². The lowest BCUT2D eigenvalue weighted by molar-refractivity contribution is 1.00. The fraction of sp³-hybridized carbons (Fsp3) is 0.308. The van der Waals surface area contributed by atoms with E-state index in [1.807, 2.05) is 38.1 Å². The van der Waals surface area contributed by atoms with Gasteiger partial charge in [0.2, 0.25) is 0 Å².